The van der Waals surface area contributed by atoms with Crippen molar-refractivity contribution in [2.24, 2.45) is 0 Å². The van der Waals surface area contributed by atoms with Crippen LogP contribution in [0.5, 0.6) is 0 Å². The molecule has 0 aliphatic heterocycles. The average Bonchev–Trinajstić information content (AvgIpc) is 2.41. The number of nitrogens with zero attached hydrogens (tertiary/aromatic N) is 1. The molecule has 4 heteroatoms. The third-order valence-electron chi connectivity index (χ3n) is 3.08. The lowest BCUT2D eigenvalue weighted by Crippen LogP contribution is -2.18. The maximum Gasteiger partial charge on any atom is 0.250 e. The van der Waals surface area contributed by atoms with Crippen LogP contribution in [0.25, 0.3) is 0 Å². The molecule has 0 radical (unpaired) electrons. The van der Waals surface area contributed by atoms with Crippen molar-refractivity contribution in [3.63, 3.8) is 0 Å². The maximum atomic E-state index is 11.5. The van der Waals surface area contributed by atoms with Gasteiger partial charge in [0.25, 0.3) is 5.56 Å². The van der Waals surface area contributed by atoms with Gasteiger partial charge in [0.15, 0.2) is 0 Å². The van der Waals surface area contributed by atoms with Gasteiger partial charge >= 0.3 is 0 Å². The number of benzene rings is 1. The van der Waals surface area contributed by atoms with Crippen molar-refractivity contribution in [2.75, 3.05) is 5.32 Å². The Morgan fingerprint density at radius 2 is 2.00 bits per heavy atom. The summed E-state index contributed by atoms with van der Waals surface area (Å²) in [6, 6.07) is 11.2. The molecule has 1 atom stereocenters. The third kappa shape index (κ3) is 3.18. The molecule has 0 aliphatic carbocycles. The molecular formula is C15H17ClN2O. The van der Waals surface area contributed by atoms with E-state index in [0.29, 0.717) is 6.54 Å². The van der Waals surface area contributed by atoms with Gasteiger partial charge in [0.05, 0.1) is 11.7 Å². The van der Waals surface area contributed by atoms with Gasteiger partial charge in [-0.05, 0) is 31.5 Å². The summed E-state index contributed by atoms with van der Waals surface area (Å²) < 4.78 is 1.67. The monoisotopic (exact) mass is 276 g/mol. The molecule has 2 aromatic rings. The van der Waals surface area contributed by atoms with Crippen molar-refractivity contribution in [3.05, 3.63) is 63.5 Å². The van der Waals surface area contributed by atoms with E-state index in [2.05, 4.69) is 5.32 Å². The summed E-state index contributed by atoms with van der Waals surface area (Å²) in [4.78, 5) is 11.5. The molecule has 1 unspecified atom stereocenters. The zero-order valence-electron chi connectivity index (χ0n) is 11.1. The van der Waals surface area contributed by atoms with Gasteiger partial charge in [-0.3, -0.25) is 4.79 Å². The Bertz CT molecular complexity index is 622. The van der Waals surface area contributed by atoms with Gasteiger partial charge in [-0.1, -0.05) is 29.8 Å². The summed E-state index contributed by atoms with van der Waals surface area (Å²) >= 11 is 6.17. The van der Waals surface area contributed by atoms with Gasteiger partial charge in [0.1, 0.15) is 0 Å². The molecule has 0 amide bonds. The van der Waals surface area contributed by atoms with Gasteiger partial charge in [0.2, 0.25) is 0 Å². The van der Waals surface area contributed by atoms with Crippen LogP contribution >= 0.6 is 11.6 Å². The predicted molar refractivity (Wildman–Crippen MR) is 79.9 cm³/mol. The SMILES string of the molecule is CCn1cc(NC(C)c2ccccc2Cl)ccc1=O. The van der Waals surface area contributed by atoms with Crippen molar-refractivity contribution in [1.29, 1.82) is 0 Å². The molecule has 1 N–H and O–H groups in total. The van der Waals surface area contributed by atoms with E-state index < -0.39 is 0 Å². The standard InChI is InChI=1S/C15H17ClN2O/c1-3-18-10-12(8-9-15(18)19)17-11(2)13-6-4-5-7-14(13)16/h4-11,17H,3H2,1-2H3. The largest absolute Gasteiger partial charge is 0.377 e. The van der Waals surface area contributed by atoms with Gasteiger partial charge in [-0.15, -0.1) is 0 Å². The number of pyridine rings is 1. The van der Waals surface area contributed by atoms with Crippen LogP contribution in [0, 0.1) is 0 Å². The third-order valence-corrected chi connectivity index (χ3v) is 3.42. The van der Waals surface area contributed by atoms with Crippen LogP contribution in [0.2, 0.25) is 5.02 Å². The van der Waals surface area contributed by atoms with E-state index in [1.807, 2.05) is 44.3 Å². The van der Waals surface area contributed by atoms with Crippen LogP contribution in [0.1, 0.15) is 25.5 Å². The fourth-order valence-corrected chi connectivity index (χ4v) is 2.32. The minimum atomic E-state index is 0.0125. The summed E-state index contributed by atoms with van der Waals surface area (Å²) in [5.41, 5.74) is 1.96. The number of hydrogen-bond donors (Lipinski definition) is 1. The summed E-state index contributed by atoms with van der Waals surface area (Å²) in [5.74, 6) is 0. The number of rotatable bonds is 4. The van der Waals surface area contributed by atoms with Crippen molar-refractivity contribution >= 4 is 17.3 Å². The van der Waals surface area contributed by atoms with E-state index in [1.165, 1.54) is 0 Å². The molecule has 1 aromatic heterocycles. The molecule has 0 saturated heterocycles. The van der Waals surface area contributed by atoms with Crippen LogP contribution in [0.15, 0.2) is 47.4 Å². The van der Waals surface area contributed by atoms with E-state index >= 15 is 0 Å². The van der Waals surface area contributed by atoms with Crippen LogP contribution in [0.4, 0.5) is 5.69 Å². The van der Waals surface area contributed by atoms with E-state index in [9.17, 15) is 4.79 Å². The first-order chi connectivity index (χ1) is 9.11. The quantitative estimate of drug-likeness (QED) is 0.924. The van der Waals surface area contributed by atoms with Crippen molar-refractivity contribution in [1.82, 2.24) is 4.57 Å². The molecule has 2 rings (SSSR count). The minimum Gasteiger partial charge on any atom is -0.377 e. The lowest BCUT2D eigenvalue weighted by Gasteiger charge is -2.17. The smallest absolute Gasteiger partial charge is 0.250 e. The molecular weight excluding hydrogens is 260 g/mol. The van der Waals surface area contributed by atoms with E-state index in [0.717, 1.165) is 16.3 Å². The highest BCUT2D eigenvalue weighted by Crippen LogP contribution is 2.25. The highest BCUT2D eigenvalue weighted by molar-refractivity contribution is 6.31. The van der Waals surface area contributed by atoms with Gasteiger partial charge in [-0.25, -0.2) is 0 Å². The van der Waals surface area contributed by atoms with Crippen molar-refractivity contribution < 1.29 is 0 Å². The first-order valence-corrected chi connectivity index (χ1v) is 6.71. The second-order valence-corrected chi connectivity index (χ2v) is 4.84. The molecule has 0 aliphatic rings. The summed E-state index contributed by atoms with van der Waals surface area (Å²) in [6.07, 6.45) is 1.83. The Labute approximate surface area is 117 Å². The normalized spacial score (nSPS) is 12.2. The first-order valence-electron chi connectivity index (χ1n) is 6.33. The molecule has 1 aromatic carbocycles. The minimum absolute atomic E-state index is 0.0125. The lowest BCUT2D eigenvalue weighted by atomic mass is 10.1. The van der Waals surface area contributed by atoms with Gasteiger partial charge in [-0.2, -0.15) is 0 Å². The summed E-state index contributed by atoms with van der Waals surface area (Å²) in [5, 5.41) is 4.10. The Morgan fingerprint density at radius 3 is 2.68 bits per heavy atom. The second kappa shape index (κ2) is 5.93. The Hall–Kier alpha value is -1.74. The molecule has 0 fully saturated rings. The van der Waals surface area contributed by atoms with Crippen LogP contribution in [0.3, 0.4) is 0 Å². The van der Waals surface area contributed by atoms with Crippen LogP contribution < -0.4 is 10.9 Å². The maximum absolute atomic E-state index is 11.5. The van der Waals surface area contributed by atoms with E-state index in [4.69, 9.17) is 11.6 Å². The molecule has 0 spiro atoms. The van der Waals surface area contributed by atoms with Gasteiger partial charge < -0.3 is 9.88 Å². The molecule has 0 bridgehead atoms. The first kappa shape index (κ1) is 13.7. The van der Waals surface area contributed by atoms with E-state index in [-0.39, 0.29) is 11.6 Å². The molecule has 0 saturated carbocycles. The Balaban J connectivity index is 2.22. The average molecular weight is 277 g/mol. The number of halogens is 1. The van der Waals surface area contributed by atoms with Crippen molar-refractivity contribution in [3.8, 4) is 0 Å². The van der Waals surface area contributed by atoms with Crippen LogP contribution in [-0.4, -0.2) is 4.57 Å². The number of aromatic nitrogens is 1. The molecule has 3 nitrogen and oxygen atoms in total. The number of aryl methyl sites for hydroxylation is 1. The van der Waals surface area contributed by atoms with E-state index in [1.54, 1.807) is 16.7 Å². The highest BCUT2D eigenvalue weighted by Gasteiger charge is 2.09. The fourth-order valence-electron chi connectivity index (χ4n) is 2.02. The zero-order chi connectivity index (χ0) is 13.8. The number of hydrogen-bond acceptors (Lipinski definition) is 2. The molecule has 1 heterocycles. The number of nitrogens with one attached hydrogen (secondary N) is 1. The second-order valence-electron chi connectivity index (χ2n) is 4.43. The Kier molecular flexibility index (Phi) is 4.27. The molecule has 19 heavy (non-hydrogen) atoms. The lowest BCUT2D eigenvalue weighted by molar-refractivity contribution is 0.725. The van der Waals surface area contributed by atoms with Crippen molar-refractivity contribution in [2.45, 2.75) is 26.4 Å². The predicted octanol–water partition coefficient (Wildman–Crippen LogP) is 3.69. The van der Waals surface area contributed by atoms with Crippen LogP contribution in [-0.2, 0) is 6.54 Å². The topological polar surface area (TPSA) is 34.0 Å². The summed E-state index contributed by atoms with van der Waals surface area (Å²) in [7, 11) is 0. The number of anilines is 1. The molecule has 100 valence electrons. The highest BCUT2D eigenvalue weighted by atomic mass is 35.5. The Morgan fingerprint density at radius 1 is 1.26 bits per heavy atom. The van der Waals surface area contributed by atoms with Gasteiger partial charge in [0, 0.05) is 23.8 Å². The summed E-state index contributed by atoms with van der Waals surface area (Å²) in [6.45, 7) is 4.65. The fraction of sp³-hybridized carbons (Fsp3) is 0.267. The zero-order valence-corrected chi connectivity index (χ0v) is 11.8.